The molecular weight excluding hydrogens is 308 g/mol. The summed E-state index contributed by atoms with van der Waals surface area (Å²) in [6, 6.07) is 7.77. The zero-order valence-corrected chi connectivity index (χ0v) is 13.5. The molecule has 2 N–H and O–H groups in total. The monoisotopic (exact) mass is 328 g/mol. The van der Waals surface area contributed by atoms with E-state index >= 15 is 0 Å². The summed E-state index contributed by atoms with van der Waals surface area (Å²) in [6.07, 6.45) is 4.14. The zero-order chi connectivity index (χ0) is 17.1. The van der Waals surface area contributed by atoms with Crippen molar-refractivity contribution < 1.29 is 14.7 Å². The Hall–Kier alpha value is -2.70. The SMILES string of the molecule is Cc1ccc(-n2cc(C(=O)NC3CCC(C(=O)O)CC3)nn2)cc1. The van der Waals surface area contributed by atoms with E-state index in [-0.39, 0.29) is 23.6 Å². The Bertz CT molecular complexity index is 731. The molecule has 1 amide bonds. The highest BCUT2D eigenvalue weighted by Crippen LogP contribution is 2.24. The Morgan fingerprint density at radius 1 is 1.17 bits per heavy atom. The minimum atomic E-state index is -0.749. The lowest BCUT2D eigenvalue weighted by molar-refractivity contribution is -0.142. The van der Waals surface area contributed by atoms with Gasteiger partial charge >= 0.3 is 5.97 Å². The summed E-state index contributed by atoms with van der Waals surface area (Å²) >= 11 is 0. The number of aliphatic carboxylic acids is 1. The number of rotatable bonds is 4. The lowest BCUT2D eigenvalue weighted by atomic mass is 9.86. The van der Waals surface area contributed by atoms with Crippen molar-refractivity contribution in [2.24, 2.45) is 5.92 Å². The quantitative estimate of drug-likeness (QED) is 0.894. The van der Waals surface area contributed by atoms with Crippen LogP contribution in [0.2, 0.25) is 0 Å². The fourth-order valence-corrected chi connectivity index (χ4v) is 2.94. The van der Waals surface area contributed by atoms with Crippen molar-refractivity contribution >= 4 is 11.9 Å². The summed E-state index contributed by atoms with van der Waals surface area (Å²) in [5.41, 5.74) is 2.25. The van der Waals surface area contributed by atoms with Crippen LogP contribution in [0.1, 0.15) is 41.7 Å². The molecule has 3 rings (SSSR count). The highest BCUT2D eigenvalue weighted by atomic mass is 16.4. The number of hydrogen-bond donors (Lipinski definition) is 2. The number of benzene rings is 1. The van der Waals surface area contributed by atoms with Crippen LogP contribution in [0.15, 0.2) is 30.5 Å². The van der Waals surface area contributed by atoms with Gasteiger partial charge in [-0.3, -0.25) is 9.59 Å². The van der Waals surface area contributed by atoms with E-state index in [1.165, 1.54) is 0 Å². The number of nitrogens with one attached hydrogen (secondary N) is 1. The first kappa shape index (κ1) is 16.2. The number of aromatic nitrogens is 3. The van der Waals surface area contributed by atoms with Crippen LogP contribution in [0.3, 0.4) is 0 Å². The predicted octanol–water partition coefficient (Wildman–Crippen LogP) is 1.95. The van der Waals surface area contributed by atoms with Gasteiger partial charge in [0, 0.05) is 6.04 Å². The molecule has 1 aromatic carbocycles. The van der Waals surface area contributed by atoms with Gasteiger partial charge in [0.1, 0.15) is 0 Å². The van der Waals surface area contributed by atoms with E-state index in [2.05, 4.69) is 15.6 Å². The zero-order valence-electron chi connectivity index (χ0n) is 13.5. The smallest absolute Gasteiger partial charge is 0.306 e. The first-order valence-corrected chi connectivity index (χ1v) is 8.06. The van der Waals surface area contributed by atoms with E-state index in [1.807, 2.05) is 31.2 Å². The number of carbonyl (C=O) groups is 2. The van der Waals surface area contributed by atoms with Crippen molar-refractivity contribution in [3.05, 3.63) is 41.7 Å². The molecule has 7 heteroatoms. The maximum absolute atomic E-state index is 12.3. The van der Waals surface area contributed by atoms with E-state index in [9.17, 15) is 9.59 Å². The van der Waals surface area contributed by atoms with Crippen LogP contribution in [0.5, 0.6) is 0 Å². The lowest BCUT2D eigenvalue weighted by Gasteiger charge is -2.26. The van der Waals surface area contributed by atoms with Crippen LogP contribution in [-0.2, 0) is 4.79 Å². The summed E-state index contributed by atoms with van der Waals surface area (Å²) in [5.74, 6) is -1.31. The van der Waals surface area contributed by atoms with Crippen LogP contribution in [0.25, 0.3) is 5.69 Å². The highest BCUT2D eigenvalue weighted by molar-refractivity contribution is 5.92. The van der Waals surface area contributed by atoms with Gasteiger partial charge in [-0.05, 0) is 44.7 Å². The summed E-state index contributed by atoms with van der Waals surface area (Å²) < 4.78 is 1.57. The van der Waals surface area contributed by atoms with E-state index < -0.39 is 5.97 Å². The maximum atomic E-state index is 12.3. The average molecular weight is 328 g/mol. The molecule has 126 valence electrons. The molecule has 1 heterocycles. The van der Waals surface area contributed by atoms with Crippen LogP contribution in [0.4, 0.5) is 0 Å². The molecule has 0 unspecified atom stereocenters. The number of carboxylic acid groups (broad SMARTS) is 1. The van der Waals surface area contributed by atoms with Gasteiger partial charge in [-0.2, -0.15) is 0 Å². The van der Waals surface area contributed by atoms with Gasteiger partial charge in [-0.25, -0.2) is 4.68 Å². The Labute approximate surface area is 139 Å². The van der Waals surface area contributed by atoms with Gasteiger partial charge in [0.15, 0.2) is 5.69 Å². The van der Waals surface area contributed by atoms with Crippen LogP contribution < -0.4 is 5.32 Å². The number of amides is 1. The Kier molecular flexibility index (Phi) is 4.59. The first-order valence-electron chi connectivity index (χ1n) is 8.06. The third kappa shape index (κ3) is 3.61. The molecule has 0 saturated heterocycles. The molecule has 1 aromatic heterocycles. The maximum Gasteiger partial charge on any atom is 0.306 e. The average Bonchev–Trinajstić information content (AvgIpc) is 3.06. The van der Waals surface area contributed by atoms with Crippen molar-refractivity contribution in [3.8, 4) is 5.69 Å². The van der Waals surface area contributed by atoms with Crippen molar-refractivity contribution in [1.82, 2.24) is 20.3 Å². The molecule has 1 aliphatic rings. The van der Waals surface area contributed by atoms with Crippen molar-refractivity contribution in [2.45, 2.75) is 38.6 Å². The summed E-state index contributed by atoms with van der Waals surface area (Å²) in [4.78, 5) is 23.2. The van der Waals surface area contributed by atoms with Gasteiger partial charge < -0.3 is 10.4 Å². The number of carboxylic acids is 1. The predicted molar refractivity (Wildman–Crippen MR) is 86.9 cm³/mol. The molecule has 0 bridgehead atoms. The van der Waals surface area contributed by atoms with Crippen LogP contribution in [-0.4, -0.2) is 38.0 Å². The van der Waals surface area contributed by atoms with Crippen molar-refractivity contribution in [1.29, 1.82) is 0 Å². The summed E-state index contributed by atoms with van der Waals surface area (Å²) in [6.45, 7) is 2.00. The number of nitrogens with zero attached hydrogens (tertiary/aromatic N) is 3. The van der Waals surface area contributed by atoms with Gasteiger partial charge in [0.05, 0.1) is 17.8 Å². The van der Waals surface area contributed by atoms with Crippen molar-refractivity contribution in [3.63, 3.8) is 0 Å². The second-order valence-corrected chi connectivity index (χ2v) is 6.24. The van der Waals surface area contributed by atoms with E-state index in [4.69, 9.17) is 5.11 Å². The molecule has 24 heavy (non-hydrogen) atoms. The van der Waals surface area contributed by atoms with Crippen molar-refractivity contribution in [2.75, 3.05) is 0 Å². The Balaban J connectivity index is 1.60. The summed E-state index contributed by atoms with van der Waals surface area (Å²) in [5, 5.41) is 19.8. The minimum Gasteiger partial charge on any atom is -0.481 e. The highest BCUT2D eigenvalue weighted by Gasteiger charge is 2.27. The van der Waals surface area contributed by atoms with Gasteiger partial charge in [0.25, 0.3) is 5.91 Å². The van der Waals surface area contributed by atoms with Crippen LogP contribution in [0, 0.1) is 12.8 Å². The standard InChI is InChI=1S/C17H20N4O3/c1-11-2-8-14(9-3-11)21-10-15(19-20-21)16(22)18-13-6-4-12(5-7-13)17(23)24/h2-3,8-10,12-13H,4-7H2,1H3,(H,18,22)(H,23,24). The van der Waals surface area contributed by atoms with Crippen LogP contribution >= 0.6 is 0 Å². The second kappa shape index (κ2) is 6.82. The number of carbonyl (C=O) groups excluding carboxylic acids is 1. The van der Waals surface area contributed by atoms with E-state index in [0.29, 0.717) is 25.7 Å². The fraction of sp³-hybridized carbons (Fsp3) is 0.412. The molecular formula is C17H20N4O3. The first-order chi connectivity index (χ1) is 11.5. The van der Waals surface area contributed by atoms with Gasteiger partial charge in [-0.1, -0.05) is 22.9 Å². The molecule has 0 aliphatic heterocycles. The van der Waals surface area contributed by atoms with Gasteiger partial charge in [-0.15, -0.1) is 5.10 Å². The normalized spacial score (nSPS) is 20.5. The van der Waals surface area contributed by atoms with E-state index in [0.717, 1.165) is 11.3 Å². The molecule has 0 radical (unpaired) electrons. The minimum absolute atomic E-state index is 0.00220. The summed E-state index contributed by atoms with van der Waals surface area (Å²) in [7, 11) is 0. The Morgan fingerprint density at radius 2 is 1.83 bits per heavy atom. The molecule has 1 saturated carbocycles. The van der Waals surface area contributed by atoms with Gasteiger partial charge in [0.2, 0.25) is 0 Å². The topological polar surface area (TPSA) is 97.1 Å². The molecule has 1 fully saturated rings. The largest absolute Gasteiger partial charge is 0.481 e. The lowest BCUT2D eigenvalue weighted by Crippen LogP contribution is -2.38. The Morgan fingerprint density at radius 3 is 2.46 bits per heavy atom. The number of hydrogen-bond acceptors (Lipinski definition) is 4. The molecule has 7 nitrogen and oxygen atoms in total. The molecule has 1 aliphatic carbocycles. The number of aryl methyl sites for hydroxylation is 1. The molecule has 0 atom stereocenters. The third-order valence-corrected chi connectivity index (χ3v) is 4.44. The second-order valence-electron chi connectivity index (χ2n) is 6.24. The molecule has 0 spiro atoms. The fourth-order valence-electron chi connectivity index (χ4n) is 2.94. The molecule has 2 aromatic rings. The third-order valence-electron chi connectivity index (χ3n) is 4.44. The van der Waals surface area contributed by atoms with E-state index in [1.54, 1.807) is 10.9 Å².